The summed E-state index contributed by atoms with van der Waals surface area (Å²) in [6.45, 7) is 4.11. The second-order valence-corrected chi connectivity index (χ2v) is 3.79. The molecule has 0 aromatic rings. The van der Waals surface area contributed by atoms with Gasteiger partial charge in [-0.2, -0.15) is 0 Å². The van der Waals surface area contributed by atoms with Gasteiger partial charge < -0.3 is 19.3 Å². The average Bonchev–Trinajstić information content (AvgIpc) is 2.06. The quantitative estimate of drug-likeness (QED) is 0.595. The Labute approximate surface area is 77.1 Å². The highest BCUT2D eigenvalue weighted by Crippen LogP contribution is 2.28. The Balaban J connectivity index is 2.12. The number of hydrogen-bond acceptors (Lipinski definition) is 4. The Morgan fingerprint density at radius 1 is 1.46 bits per heavy atom. The van der Waals surface area contributed by atoms with Crippen molar-refractivity contribution >= 4 is 0 Å². The summed E-state index contributed by atoms with van der Waals surface area (Å²) in [5.41, 5.74) is 0. The fourth-order valence-corrected chi connectivity index (χ4v) is 1.56. The summed E-state index contributed by atoms with van der Waals surface area (Å²) in [6, 6.07) is 0. The Morgan fingerprint density at radius 3 is 3.00 bits per heavy atom. The number of aliphatic hydroxyl groups excluding tert-OH is 1. The van der Waals surface area contributed by atoms with Crippen LogP contribution in [-0.4, -0.2) is 35.8 Å². The van der Waals surface area contributed by atoms with Gasteiger partial charge >= 0.3 is 0 Å². The summed E-state index contributed by atoms with van der Waals surface area (Å²) in [5.74, 6) is -0.628. The molecule has 0 radical (unpaired) electrons. The van der Waals surface area contributed by atoms with Crippen LogP contribution in [0, 0.1) is 0 Å². The molecule has 74 valence electrons. The number of ether oxygens (including phenoxy) is 3. The van der Waals surface area contributed by atoms with Crippen LogP contribution in [0.25, 0.3) is 0 Å². The zero-order chi connectivity index (χ0) is 9.47. The van der Waals surface area contributed by atoms with Crippen molar-refractivity contribution in [3.8, 4) is 0 Å². The lowest BCUT2D eigenvalue weighted by Crippen LogP contribution is -2.54. The van der Waals surface area contributed by atoms with Crippen LogP contribution < -0.4 is 0 Å². The van der Waals surface area contributed by atoms with Gasteiger partial charge in [0.25, 0.3) is 0 Å². The van der Waals surface area contributed by atoms with Crippen LogP contribution in [0.3, 0.4) is 0 Å². The highest BCUT2D eigenvalue weighted by Gasteiger charge is 2.42. The first-order valence-corrected chi connectivity index (χ1v) is 4.40. The van der Waals surface area contributed by atoms with Gasteiger partial charge in [0, 0.05) is 0 Å². The summed E-state index contributed by atoms with van der Waals surface area (Å²) in [7, 11) is 0. The zero-order valence-corrected chi connectivity index (χ0v) is 7.77. The summed E-state index contributed by atoms with van der Waals surface area (Å²) >= 11 is 0. The van der Waals surface area contributed by atoms with Crippen molar-refractivity contribution in [2.45, 2.75) is 37.9 Å². The number of hydrogen-bond donors (Lipinski definition) is 1. The first kappa shape index (κ1) is 8.99. The third-order valence-electron chi connectivity index (χ3n) is 2.25. The summed E-state index contributed by atoms with van der Waals surface area (Å²) in [6.07, 6.45) is 1.99. The van der Waals surface area contributed by atoms with Crippen LogP contribution in [0.15, 0.2) is 12.3 Å². The van der Waals surface area contributed by atoms with E-state index in [4.69, 9.17) is 14.2 Å². The maximum Gasteiger partial charge on any atom is 0.163 e. The fraction of sp³-hybridized carbons (Fsp3) is 0.778. The molecule has 4 nitrogen and oxygen atoms in total. The molecule has 0 bridgehead atoms. The van der Waals surface area contributed by atoms with Crippen LogP contribution in [0.4, 0.5) is 0 Å². The van der Waals surface area contributed by atoms with Crippen molar-refractivity contribution in [2.24, 2.45) is 0 Å². The normalized spacial score (nSPS) is 42.2. The van der Waals surface area contributed by atoms with E-state index in [0.29, 0.717) is 6.61 Å². The molecule has 2 aliphatic heterocycles. The molecule has 0 aromatic carbocycles. The molecule has 2 aliphatic rings. The highest BCUT2D eigenvalue weighted by molar-refractivity contribution is 4.99. The van der Waals surface area contributed by atoms with E-state index in [0.717, 1.165) is 0 Å². The van der Waals surface area contributed by atoms with Gasteiger partial charge in [-0.05, 0) is 19.9 Å². The van der Waals surface area contributed by atoms with Gasteiger partial charge in [0.2, 0.25) is 0 Å². The number of rotatable bonds is 0. The van der Waals surface area contributed by atoms with E-state index < -0.39 is 11.9 Å². The van der Waals surface area contributed by atoms with Crippen molar-refractivity contribution in [3.63, 3.8) is 0 Å². The van der Waals surface area contributed by atoms with Gasteiger partial charge in [-0.3, -0.25) is 0 Å². The number of fused-ring (bicyclic) bond motifs is 1. The van der Waals surface area contributed by atoms with Crippen LogP contribution >= 0.6 is 0 Å². The van der Waals surface area contributed by atoms with Crippen molar-refractivity contribution in [2.75, 3.05) is 6.61 Å². The maximum absolute atomic E-state index is 9.59. The Hall–Kier alpha value is -0.580. The van der Waals surface area contributed by atoms with Crippen molar-refractivity contribution in [1.82, 2.24) is 0 Å². The Morgan fingerprint density at radius 2 is 2.23 bits per heavy atom. The molecule has 0 aliphatic carbocycles. The van der Waals surface area contributed by atoms with Crippen LogP contribution in [-0.2, 0) is 14.2 Å². The predicted octanol–water partition coefficient (Wildman–Crippen LogP) is 0.411. The Bertz CT molecular complexity index is 224. The van der Waals surface area contributed by atoms with E-state index >= 15 is 0 Å². The first-order chi connectivity index (χ1) is 6.08. The van der Waals surface area contributed by atoms with Gasteiger partial charge in [-0.15, -0.1) is 0 Å². The molecule has 13 heavy (non-hydrogen) atoms. The second kappa shape index (κ2) is 2.97. The average molecular weight is 186 g/mol. The monoisotopic (exact) mass is 186 g/mol. The molecule has 0 saturated carbocycles. The van der Waals surface area contributed by atoms with E-state index in [1.807, 2.05) is 13.8 Å². The molecular formula is C9H14O4. The summed E-state index contributed by atoms with van der Waals surface area (Å²) in [4.78, 5) is 0. The lowest BCUT2D eigenvalue weighted by atomic mass is 10.0. The molecule has 0 aromatic heterocycles. The largest absolute Gasteiger partial charge is 0.493 e. The first-order valence-electron chi connectivity index (χ1n) is 4.40. The third kappa shape index (κ3) is 1.70. The minimum Gasteiger partial charge on any atom is -0.493 e. The highest BCUT2D eigenvalue weighted by atomic mass is 16.7. The maximum atomic E-state index is 9.59. The van der Waals surface area contributed by atoms with Gasteiger partial charge in [-0.1, -0.05) is 0 Å². The lowest BCUT2D eigenvalue weighted by molar-refractivity contribution is -0.318. The van der Waals surface area contributed by atoms with Gasteiger partial charge in [-0.25, -0.2) is 0 Å². The van der Waals surface area contributed by atoms with Crippen molar-refractivity contribution in [1.29, 1.82) is 0 Å². The third-order valence-corrected chi connectivity index (χ3v) is 2.25. The standard InChI is InChI=1S/C9H14O4/c1-9(2)12-5-7-8(13-9)6(10)3-4-11-7/h3-4,6-8,10H,5H2,1-2H3/t6-,7+,8+/m0/s1. The number of aliphatic hydroxyl groups is 1. The van der Waals surface area contributed by atoms with Gasteiger partial charge in [0.15, 0.2) is 11.9 Å². The van der Waals surface area contributed by atoms with Crippen molar-refractivity contribution < 1.29 is 19.3 Å². The molecule has 1 N–H and O–H groups in total. The van der Waals surface area contributed by atoms with E-state index in [1.54, 1.807) is 6.08 Å². The fourth-order valence-electron chi connectivity index (χ4n) is 1.56. The zero-order valence-electron chi connectivity index (χ0n) is 7.77. The Kier molecular flexibility index (Phi) is 2.06. The van der Waals surface area contributed by atoms with Crippen LogP contribution in [0.2, 0.25) is 0 Å². The molecule has 4 heteroatoms. The minimum atomic E-state index is -0.628. The molecule has 3 atom stereocenters. The van der Waals surface area contributed by atoms with E-state index in [-0.39, 0.29) is 12.2 Å². The molecule has 1 saturated heterocycles. The lowest BCUT2D eigenvalue weighted by Gasteiger charge is -2.43. The molecule has 0 unspecified atom stereocenters. The minimum absolute atomic E-state index is 0.187. The SMILES string of the molecule is CC1(C)OC[C@H]2OC=C[C@H](O)[C@H]2O1. The second-order valence-electron chi connectivity index (χ2n) is 3.79. The summed E-state index contributed by atoms with van der Waals surface area (Å²) < 4.78 is 16.2. The topological polar surface area (TPSA) is 47.9 Å². The molecular weight excluding hydrogens is 172 g/mol. The van der Waals surface area contributed by atoms with Gasteiger partial charge in [0.1, 0.15) is 12.2 Å². The molecule has 0 amide bonds. The van der Waals surface area contributed by atoms with Crippen LogP contribution in [0.1, 0.15) is 13.8 Å². The summed E-state index contributed by atoms with van der Waals surface area (Å²) in [5, 5.41) is 9.59. The molecule has 2 heterocycles. The predicted molar refractivity (Wildman–Crippen MR) is 44.9 cm³/mol. The molecule has 0 spiro atoms. The van der Waals surface area contributed by atoms with E-state index in [1.165, 1.54) is 6.26 Å². The van der Waals surface area contributed by atoms with Crippen LogP contribution in [0.5, 0.6) is 0 Å². The smallest absolute Gasteiger partial charge is 0.163 e. The molecule has 2 rings (SSSR count). The van der Waals surface area contributed by atoms with E-state index in [9.17, 15) is 5.11 Å². The molecule has 1 fully saturated rings. The van der Waals surface area contributed by atoms with Crippen molar-refractivity contribution in [3.05, 3.63) is 12.3 Å². The van der Waals surface area contributed by atoms with Gasteiger partial charge in [0.05, 0.1) is 12.9 Å². The van der Waals surface area contributed by atoms with E-state index in [2.05, 4.69) is 0 Å².